The lowest BCUT2D eigenvalue weighted by atomic mass is 10.1. The number of aromatic nitrogens is 2. The molecule has 5 heteroatoms. The van der Waals surface area contributed by atoms with Crippen molar-refractivity contribution >= 4 is 5.65 Å². The zero-order valence-electron chi connectivity index (χ0n) is 11.4. The molecule has 21 heavy (non-hydrogen) atoms. The maximum Gasteiger partial charge on any atom is 0.416 e. The minimum atomic E-state index is -4.29. The number of nitrogens with zero attached hydrogens (tertiary/aromatic N) is 2. The predicted octanol–water partition coefficient (Wildman–Crippen LogP) is 4.25. The standard InChI is InChI=1S/C16H13F3N2/c1-11-3-2-8-21-10-14(20-15(11)21)9-12-4-6-13(7-5-12)16(17,18)19/h2-8,10H,9H2,1H3. The van der Waals surface area contributed by atoms with Crippen LogP contribution in [0.2, 0.25) is 0 Å². The Labute approximate surface area is 119 Å². The SMILES string of the molecule is Cc1cccn2cc(Cc3ccc(C(F)(F)F)cc3)nc12. The van der Waals surface area contributed by atoms with Crippen LogP contribution in [0.4, 0.5) is 13.2 Å². The highest BCUT2D eigenvalue weighted by molar-refractivity contribution is 5.48. The Balaban J connectivity index is 1.87. The summed E-state index contributed by atoms with van der Waals surface area (Å²) in [5.41, 5.74) is 2.96. The van der Waals surface area contributed by atoms with E-state index in [1.807, 2.05) is 35.9 Å². The number of aryl methyl sites for hydroxylation is 1. The number of hydrogen-bond acceptors (Lipinski definition) is 1. The summed E-state index contributed by atoms with van der Waals surface area (Å²) < 4.78 is 39.5. The van der Waals surface area contributed by atoms with Crippen LogP contribution in [0.15, 0.2) is 48.8 Å². The first-order chi connectivity index (χ1) is 9.93. The predicted molar refractivity (Wildman–Crippen MR) is 74.2 cm³/mol. The third kappa shape index (κ3) is 2.77. The molecule has 0 aliphatic heterocycles. The van der Waals surface area contributed by atoms with Crippen LogP contribution in [-0.2, 0) is 12.6 Å². The highest BCUT2D eigenvalue weighted by atomic mass is 19.4. The first-order valence-corrected chi connectivity index (χ1v) is 6.53. The van der Waals surface area contributed by atoms with Crippen LogP contribution in [0, 0.1) is 6.92 Å². The Morgan fingerprint density at radius 2 is 1.81 bits per heavy atom. The second-order valence-electron chi connectivity index (χ2n) is 5.03. The molecular formula is C16H13F3N2. The van der Waals surface area contributed by atoms with Gasteiger partial charge in [0.1, 0.15) is 5.65 Å². The number of imidazole rings is 1. The van der Waals surface area contributed by atoms with E-state index >= 15 is 0 Å². The molecule has 0 radical (unpaired) electrons. The number of halogens is 3. The molecule has 0 amide bonds. The zero-order chi connectivity index (χ0) is 15.0. The number of hydrogen-bond donors (Lipinski definition) is 0. The maximum absolute atomic E-state index is 12.5. The number of alkyl halides is 3. The Morgan fingerprint density at radius 1 is 1.10 bits per heavy atom. The summed E-state index contributed by atoms with van der Waals surface area (Å²) in [5, 5.41) is 0. The molecule has 0 atom stereocenters. The van der Waals surface area contributed by atoms with Crippen molar-refractivity contribution in [1.29, 1.82) is 0 Å². The molecule has 0 aliphatic rings. The van der Waals surface area contributed by atoms with Gasteiger partial charge in [-0.05, 0) is 36.2 Å². The molecule has 2 heterocycles. The quantitative estimate of drug-likeness (QED) is 0.689. The van der Waals surface area contributed by atoms with Crippen LogP contribution >= 0.6 is 0 Å². The molecule has 0 unspecified atom stereocenters. The van der Waals surface area contributed by atoms with Crippen LogP contribution in [0.5, 0.6) is 0 Å². The molecule has 2 aromatic heterocycles. The molecule has 0 spiro atoms. The summed E-state index contributed by atoms with van der Waals surface area (Å²) in [4.78, 5) is 4.52. The average molecular weight is 290 g/mol. The average Bonchev–Trinajstić information content (AvgIpc) is 2.82. The van der Waals surface area contributed by atoms with Gasteiger partial charge in [0.05, 0.1) is 11.3 Å². The largest absolute Gasteiger partial charge is 0.416 e. The maximum atomic E-state index is 12.5. The molecule has 108 valence electrons. The first-order valence-electron chi connectivity index (χ1n) is 6.53. The molecule has 1 aromatic carbocycles. The van der Waals surface area contributed by atoms with E-state index in [1.165, 1.54) is 12.1 Å². The van der Waals surface area contributed by atoms with Crippen molar-refractivity contribution in [2.45, 2.75) is 19.5 Å². The van der Waals surface area contributed by atoms with E-state index in [0.29, 0.717) is 6.42 Å². The van der Waals surface area contributed by atoms with Crippen molar-refractivity contribution in [1.82, 2.24) is 9.38 Å². The number of rotatable bonds is 2. The number of fused-ring (bicyclic) bond motifs is 1. The summed E-state index contributed by atoms with van der Waals surface area (Å²) in [5.74, 6) is 0. The van der Waals surface area contributed by atoms with Gasteiger partial charge in [-0.25, -0.2) is 4.98 Å². The lowest BCUT2D eigenvalue weighted by Gasteiger charge is -2.06. The second-order valence-corrected chi connectivity index (χ2v) is 5.03. The van der Waals surface area contributed by atoms with E-state index in [-0.39, 0.29) is 0 Å². The van der Waals surface area contributed by atoms with Crippen molar-refractivity contribution in [2.24, 2.45) is 0 Å². The van der Waals surface area contributed by atoms with Crippen molar-refractivity contribution < 1.29 is 13.2 Å². The van der Waals surface area contributed by atoms with Crippen molar-refractivity contribution in [2.75, 3.05) is 0 Å². The molecule has 2 nitrogen and oxygen atoms in total. The van der Waals surface area contributed by atoms with Crippen molar-refractivity contribution in [3.63, 3.8) is 0 Å². The Morgan fingerprint density at radius 3 is 2.43 bits per heavy atom. The molecule has 0 bridgehead atoms. The smallest absolute Gasteiger partial charge is 0.307 e. The Bertz CT molecular complexity index is 770. The van der Waals surface area contributed by atoms with Gasteiger partial charge < -0.3 is 4.40 Å². The molecule has 0 saturated heterocycles. The minimum absolute atomic E-state index is 0.513. The molecule has 0 N–H and O–H groups in total. The van der Waals surface area contributed by atoms with Crippen LogP contribution in [-0.4, -0.2) is 9.38 Å². The van der Waals surface area contributed by atoms with Gasteiger partial charge in [0, 0.05) is 18.8 Å². The number of benzene rings is 1. The fourth-order valence-electron chi connectivity index (χ4n) is 2.31. The first kappa shape index (κ1) is 13.7. The molecule has 3 rings (SSSR count). The Hall–Kier alpha value is -2.30. The Kier molecular flexibility index (Phi) is 3.20. The highest BCUT2D eigenvalue weighted by Crippen LogP contribution is 2.29. The topological polar surface area (TPSA) is 17.3 Å². The van der Waals surface area contributed by atoms with Gasteiger partial charge >= 0.3 is 6.18 Å². The molecule has 0 saturated carbocycles. The van der Waals surface area contributed by atoms with E-state index in [4.69, 9.17) is 0 Å². The summed E-state index contributed by atoms with van der Waals surface area (Å²) in [7, 11) is 0. The van der Waals surface area contributed by atoms with E-state index in [0.717, 1.165) is 34.6 Å². The summed E-state index contributed by atoms with van der Waals surface area (Å²) in [6.45, 7) is 1.98. The van der Waals surface area contributed by atoms with Gasteiger partial charge in [-0.15, -0.1) is 0 Å². The van der Waals surface area contributed by atoms with Crippen molar-refractivity contribution in [3.05, 3.63) is 71.2 Å². The van der Waals surface area contributed by atoms with E-state index < -0.39 is 11.7 Å². The van der Waals surface area contributed by atoms with Crippen LogP contribution in [0.3, 0.4) is 0 Å². The van der Waals surface area contributed by atoms with Crippen LogP contribution < -0.4 is 0 Å². The van der Waals surface area contributed by atoms with E-state index in [9.17, 15) is 13.2 Å². The van der Waals surface area contributed by atoms with Gasteiger partial charge in [-0.1, -0.05) is 18.2 Å². The van der Waals surface area contributed by atoms with Crippen molar-refractivity contribution in [3.8, 4) is 0 Å². The monoisotopic (exact) mass is 290 g/mol. The fourth-order valence-corrected chi connectivity index (χ4v) is 2.31. The van der Waals surface area contributed by atoms with Crippen LogP contribution in [0.25, 0.3) is 5.65 Å². The van der Waals surface area contributed by atoms with E-state index in [2.05, 4.69) is 4.98 Å². The minimum Gasteiger partial charge on any atom is -0.307 e. The summed E-state index contributed by atoms with van der Waals surface area (Å²) in [6.07, 6.45) is 0.0313. The third-order valence-corrected chi connectivity index (χ3v) is 3.39. The zero-order valence-corrected chi connectivity index (χ0v) is 11.4. The van der Waals surface area contributed by atoms with Gasteiger partial charge in [0.2, 0.25) is 0 Å². The summed E-state index contributed by atoms with van der Waals surface area (Å²) >= 11 is 0. The molecular weight excluding hydrogens is 277 g/mol. The van der Waals surface area contributed by atoms with E-state index in [1.54, 1.807) is 0 Å². The highest BCUT2D eigenvalue weighted by Gasteiger charge is 2.29. The molecule has 3 aromatic rings. The fraction of sp³-hybridized carbons (Fsp3) is 0.188. The van der Waals surface area contributed by atoms with Gasteiger partial charge in [0.15, 0.2) is 0 Å². The van der Waals surface area contributed by atoms with Gasteiger partial charge in [-0.3, -0.25) is 0 Å². The normalized spacial score (nSPS) is 12.0. The third-order valence-electron chi connectivity index (χ3n) is 3.39. The second kappa shape index (κ2) is 4.91. The summed E-state index contributed by atoms with van der Waals surface area (Å²) in [6, 6.07) is 9.13. The lowest BCUT2D eigenvalue weighted by Crippen LogP contribution is -2.04. The molecule has 0 aliphatic carbocycles. The van der Waals surface area contributed by atoms with Gasteiger partial charge in [0.25, 0.3) is 0 Å². The van der Waals surface area contributed by atoms with Gasteiger partial charge in [-0.2, -0.15) is 13.2 Å². The van der Waals surface area contributed by atoms with Crippen LogP contribution in [0.1, 0.15) is 22.4 Å². The lowest BCUT2D eigenvalue weighted by molar-refractivity contribution is -0.137. The number of pyridine rings is 1. The molecule has 0 fully saturated rings.